The molecule has 1 amide bonds. The lowest BCUT2D eigenvalue weighted by atomic mass is 10.0. The van der Waals surface area contributed by atoms with Crippen molar-refractivity contribution in [2.24, 2.45) is 5.84 Å². The molecule has 0 aliphatic heterocycles. The number of nitrogen functional groups attached to an aromatic ring is 1. The van der Waals surface area contributed by atoms with Crippen molar-refractivity contribution in [1.29, 1.82) is 0 Å². The number of hydrazine groups is 1. The van der Waals surface area contributed by atoms with Gasteiger partial charge in [-0.05, 0) is 25.0 Å². The minimum Gasteiger partial charge on any atom is -0.290 e. The first kappa shape index (κ1) is 8.74. The highest BCUT2D eigenvalue weighted by Gasteiger charge is 2.08. The van der Waals surface area contributed by atoms with Crippen molar-refractivity contribution in [2.75, 3.05) is 0 Å². The summed E-state index contributed by atoms with van der Waals surface area (Å²) in [5.74, 6) is 4.81. The van der Waals surface area contributed by atoms with Crippen LogP contribution in [-0.4, -0.2) is 5.91 Å². The van der Waals surface area contributed by atoms with Gasteiger partial charge in [-0.15, -0.1) is 0 Å². The van der Waals surface area contributed by atoms with E-state index in [1.807, 2.05) is 32.0 Å². The molecule has 3 heteroatoms. The van der Waals surface area contributed by atoms with Crippen LogP contribution in [0.1, 0.15) is 21.5 Å². The molecule has 12 heavy (non-hydrogen) atoms. The Morgan fingerprint density at radius 2 is 1.83 bits per heavy atom. The zero-order chi connectivity index (χ0) is 9.14. The minimum absolute atomic E-state index is 0.231. The van der Waals surface area contributed by atoms with E-state index in [1.165, 1.54) is 0 Å². The number of hydrogen-bond donors (Lipinski definition) is 2. The fourth-order valence-corrected chi connectivity index (χ4v) is 1.24. The highest BCUT2D eigenvalue weighted by molar-refractivity contribution is 5.96. The number of aryl methyl sites for hydroxylation is 2. The lowest BCUT2D eigenvalue weighted by Crippen LogP contribution is -2.31. The van der Waals surface area contributed by atoms with E-state index in [2.05, 4.69) is 5.43 Å². The Hall–Kier alpha value is -1.35. The molecule has 0 unspecified atom stereocenters. The molecule has 0 spiro atoms. The Kier molecular flexibility index (Phi) is 2.45. The van der Waals surface area contributed by atoms with Gasteiger partial charge in [0, 0.05) is 5.56 Å². The van der Waals surface area contributed by atoms with Gasteiger partial charge in [-0.1, -0.05) is 18.2 Å². The third-order valence-electron chi connectivity index (χ3n) is 1.84. The molecule has 0 aromatic heterocycles. The predicted octanol–water partition coefficient (Wildman–Crippen LogP) is 0.907. The lowest BCUT2D eigenvalue weighted by molar-refractivity contribution is 0.0952. The van der Waals surface area contributed by atoms with Gasteiger partial charge in [-0.3, -0.25) is 10.2 Å². The van der Waals surface area contributed by atoms with Gasteiger partial charge >= 0.3 is 0 Å². The highest BCUT2D eigenvalue weighted by atomic mass is 16.2. The summed E-state index contributed by atoms with van der Waals surface area (Å²) in [5.41, 5.74) is 4.68. The molecule has 1 aromatic rings. The third kappa shape index (κ3) is 1.46. The maximum atomic E-state index is 11.2. The van der Waals surface area contributed by atoms with Gasteiger partial charge in [-0.25, -0.2) is 5.84 Å². The second-order valence-electron chi connectivity index (χ2n) is 2.74. The zero-order valence-corrected chi connectivity index (χ0v) is 7.22. The van der Waals surface area contributed by atoms with Crippen molar-refractivity contribution in [2.45, 2.75) is 13.8 Å². The average Bonchev–Trinajstić information content (AvgIpc) is 2.03. The number of benzene rings is 1. The second kappa shape index (κ2) is 3.36. The smallest absolute Gasteiger partial charge is 0.265 e. The van der Waals surface area contributed by atoms with Gasteiger partial charge in [0.15, 0.2) is 0 Å². The number of carbonyl (C=O) groups is 1. The van der Waals surface area contributed by atoms with Crippen molar-refractivity contribution >= 4 is 5.91 Å². The molecule has 0 saturated heterocycles. The van der Waals surface area contributed by atoms with Crippen LogP contribution in [0, 0.1) is 13.8 Å². The van der Waals surface area contributed by atoms with Crippen LogP contribution < -0.4 is 11.3 Å². The standard InChI is InChI=1S/C9H12N2O/c1-6-4-3-5-7(2)8(6)9(12)11-10/h3-5H,10H2,1-2H3,(H,11,12). The molecule has 0 bridgehead atoms. The summed E-state index contributed by atoms with van der Waals surface area (Å²) in [7, 11) is 0. The molecule has 0 fully saturated rings. The van der Waals surface area contributed by atoms with Crippen molar-refractivity contribution in [3.63, 3.8) is 0 Å². The summed E-state index contributed by atoms with van der Waals surface area (Å²) in [4.78, 5) is 11.2. The molecule has 64 valence electrons. The van der Waals surface area contributed by atoms with Gasteiger partial charge in [0.05, 0.1) is 0 Å². The van der Waals surface area contributed by atoms with E-state index in [0.717, 1.165) is 11.1 Å². The van der Waals surface area contributed by atoms with Crippen LogP contribution in [0.3, 0.4) is 0 Å². The molecule has 0 saturated carbocycles. The van der Waals surface area contributed by atoms with Crippen LogP contribution in [0.15, 0.2) is 18.2 Å². The number of rotatable bonds is 1. The summed E-state index contributed by atoms with van der Waals surface area (Å²) in [6, 6.07) is 5.69. The molecule has 1 aromatic carbocycles. The van der Waals surface area contributed by atoms with Crippen molar-refractivity contribution in [1.82, 2.24) is 5.43 Å². The van der Waals surface area contributed by atoms with Crippen LogP contribution in [-0.2, 0) is 0 Å². The number of carbonyl (C=O) groups excluding carboxylic acids is 1. The van der Waals surface area contributed by atoms with Gasteiger partial charge < -0.3 is 0 Å². The Balaban J connectivity index is 3.21. The normalized spacial score (nSPS) is 9.58. The Morgan fingerprint density at radius 1 is 1.33 bits per heavy atom. The third-order valence-corrected chi connectivity index (χ3v) is 1.84. The topological polar surface area (TPSA) is 55.1 Å². The zero-order valence-electron chi connectivity index (χ0n) is 7.22. The summed E-state index contributed by atoms with van der Waals surface area (Å²) in [6.45, 7) is 3.77. The molecule has 0 heterocycles. The quantitative estimate of drug-likeness (QED) is 0.368. The van der Waals surface area contributed by atoms with E-state index in [9.17, 15) is 4.79 Å². The molecule has 3 nitrogen and oxygen atoms in total. The molecule has 0 aliphatic carbocycles. The average molecular weight is 164 g/mol. The van der Waals surface area contributed by atoms with Crippen molar-refractivity contribution in [3.8, 4) is 0 Å². The highest BCUT2D eigenvalue weighted by Crippen LogP contribution is 2.12. The first-order valence-corrected chi connectivity index (χ1v) is 3.74. The summed E-state index contributed by atoms with van der Waals surface area (Å²) in [6.07, 6.45) is 0. The van der Waals surface area contributed by atoms with E-state index in [1.54, 1.807) is 0 Å². The Morgan fingerprint density at radius 3 is 2.25 bits per heavy atom. The Labute approximate surface area is 71.5 Å². The fraction of sp³-hybridized carbons (Fsp3) is 0.222. The number of nitrogens with two attached hydrogens (primary N) is 1. The van der Waals surface area contributed by atoms with E-state index in [0.29, 0.717) is 5.56 Å². The van der Waals surface area contributed by atoms with Gasteiger partial charge in [0.1, 0.15) is 0 Å². The first-order chi connectivity index (χ1) is 5.66. The molecule has 3 N–H and O–H groups in total. The Bertz CT molecular complexity index is 287. The van der Waals surface area contributed by atoms with Gasteiger partial charge in [0.2, 0.25) is 0 Å². The van der Waals surface area contributed by atoms with Gasteiger partial charge in [0.25, 0.3) is 5.91 Å². The SMILES string of the molecule is Cc1cccc(C)c1C(=O)NN. The van der Waals surface area contributed by atoms with E-state index in [4.69, 9.17) is 5.84 Å². The van der Waals surface area contributed by atoms with Crippen LogP contribution in [0.2, 0.25) is 0 Å². The summed E-state index contributed by atoms with van der Waals surface area (Å²) < 4.78 is 0. The van der Waals surface area contributed by atoms with Crippen molar-refractivity contribution in [3.05, 3.63) is 34.9 Å². The van der Waals surface area contributed by atoms with Crippen LogP contribution in [0.25, 0.3) is 0 Å². The van der Waals surface area contributed by atoms with E-state index < -0.39 is 0 Å². The lowest BCUT2D eigenvalue weighted by Gasteiger charge is -2.06. The largest absolute Gasteiger partial charge is 0.290 e. The van der Waals surface area contributed by atoms with Crippen LogP contribution >= 0.6 is 0 Å². The van der Waals surface area contributed by atoms with Crippen molar-refractivity contribution < 1.29 is 4.79 Å². The molecule has 0 atom stereocenters. The molecular formula is C9H12N2O. The minimum atomic E-state index is -0.231. The molecular weight excluding hydrogens is 152 g/mol. The number of nitrogens with one attached hydrogen (secondary N) is 1. The van der Waals surface area contributed by atoms with Gasteiger partial charge in [-0.2, -0.15) is 0 Å². The van der Waals surface area contributed by atoms with E-state index in [-0.39, 0.29) is 5.91 Å². The summed E-state index contributed by atoms with van der Waals surface area (Å²) >= 11 is 0. The molecule has 0 aliphatic rings. The summed E-state index contributed by atoms with van der Waals surface area (Å²) in [5, 5.41) is 0. The van der Waals surface area contributed by atoms with Crippen LogP contribution in [0.4, 0.5) is 0 Å². The fourth-order valence-electron chi connectivity index (χ4n) is 1.24. The molecule has 0 radical (unpaired) electrons. The monoisotopic (exact) mass is 164 g/mol. The number of amides is 1. The number of hydrogen-bond acceptors (Lipinski definition) is 2. The van der Waals surface area contributed by atoms with E-state index >= 15 is 0 Å². The second-order valence-corrected chi connectivity index (χ2v) is 2.74. The maximum absolute atomic E-state index is 11.2. The maximum Gasteiger partial charge on any atom is 0.265 e. The van der Waals surface area contributed by atoms with Crippen LogP contribution in [0.5, 0.6) is 0 Å². The first-order valence-electron chi connectivity index (χ1n) is 3.74. The molecule has 1 rings (SSSR count). The predicted molar refractivity (Wildman–Crippen MR) is 47.6 cm³/mol.